The molecule has 1 heterocycles. The first-order valence-electron chi connectivity index (χ1n) is 7.24. The monoisotopic (exact) mass is 254 g/mol. The maximum Gasteiger partial charge on any atom is 0.251 e. The van der Waals surface area contributed by atoms with Gasteiger partial charge < -0.3 is 15.4 Å². The van der Waals surface area contributed by atoms with E-state index in [1.54, 1.807) is 0 Å². The molecule has 1 saturated heterocycles. The second-order valence-corrected chi connectivity index (χ2v) is 5.92. The van der Waals surface area contributed by atoms with E-state index in [0.29, 0.717) is 12.6 Å². The number of likely N-dealkylation sites (N-methyl/N-ethyl adjacent to an activating group) is 1. The van der Waals surface area contributed by atoms with Crippen LogP contribution in [0.4, 0.5) is 0 Å². The Balaban J connectivity index is 1.85. The number of nitrogens with zero attached hydrogens (tertiary/aromatic N) is 1. The van der Waals surface area contributed by atoms with Crippen LogP contribution in [0, 0.1) is 5.92 Å². The molecule has 4 nitrogen and oxygen atoms in total. The molecule has 0 bridgehead atoms. The van der Waals surface area contributed by atoms with Crippen LogP contribution in [0.25, 0.3) is 0 Å². The molecule has 104 valence electrons. The number of hydrogen-bond donors (Lipinski definition) is 1. The average molecular weight is 254 g/mol. The van der Waals surface area contributed by atoms with Crippen molar-refractivity contribution in [3.63, 3.8) is 0 Å². The van der Waals surface area contributed by atoms with Gasteiger partial charge in [0.2, 0.25) is 0 Å². The largest absolute Gasteiger partial charge is 0.364 e. The summed E-state index contributed by atoms with van der Waals surface area (Å²) < 4.78 is 5.69. The van der Waals surface area contributed by atoms with E-state index >= 15 is 0 Å². The Morgan fingerprint density at radius 3 is 2.44 bits per heavy atom. The van der Waals surface area contributed by atoms with Gasteiger partial charge >= 0.3 is 0 Å². The fraction of sp³-hybridized carbons (Fsp3) is 0.929. The van der Waals surface area contributed by atoms with Crippen LogP contribution in [0.5, 0.6) is 0 Å². The van der Waals surface area contributed by atoms with Crippen LogP contribution in [-0.2, 0) is 9.53 Å². The lowest BCUT2D eigenvalue weighted by atomic mass is 9.86. The van der Waals surface area contributed by atoms with Crippen LogP contribution in [-0.4, -0.2) is 42.6 Å². The molecule has 0 spiro atoms. The minimum absolute atomic E-state index is 0.0822. The number of amides is 1. The Labute approximate surface area is 110 Å². The molecule has 1 aliphatic carbocycles. The third kappa shape index (κ3) is 3.04. The summed E-state index contributed by atoms with van der Waals surface area (Å²) >= 11 is 0. The minimum Gasteiger partial charge on any atom is -0.364 e. The Morgan fingerprint density at radius 1 is 1.22 bits per heavy atom. The normalized spacial score (nSPS) is 36.6. The maximum atomic E-state index is 12.3. The average Bonchev–Trinajstić information content (AvgIpc) is 2.86. The third-order valence-electron chi connectivity index (χ3n) is 4.53. The minimum atomic E-state index is -0.247. The summed E-state index contributed by atoms with van der Waals surface area (Å²) in [4.78, 5) is 14.3. The van der Waals surface area contributed by atoms with E-state index < -0.39 is 0 Å². The molecule has 0 radical (unpaired) electrons. The predicted octanol–water partition coefficient (Wildman–Crippen LogP) is 1.53. The molecule has 0 aromatic heterocycles. The van der Waals surface area contributed by atoms with Crippen molar-refractivity contribution in [3.8, 4) is 0 Å². The molecule has 1 amide bonds. The van der Waals surface area contributed by atoms with Crippen LogP contribution < -0.4 is 5.73 Å². The van der Waals surface area contributed by atoms with Gasteiger partial charge in [0.1, 0.15) is 6.10 Å². The van der Waals surface area contributed by atoms with Crippen LogP contribution in [0.15, 0.2) is 0 Å². The number of rotatable bonds is 3. The number of hydrogen-bond acceptors (Lipinski definition) is 3. The van der Waals surface area contributed by atoms with Crippen molar-refractivity contribution in [2.45, 2.75) is 63.7 Å². The molecular formula is C14H26N2O2. The number of carbonyl (C=O) groups is 1. The van der Waals surface area contributed by atoms with Crippen LogP contribution in [0.2, 0.25) is 0 Å². The maximum absolute atomic E-state index is 12.3. The third-order valence-corrected chi connectivity index (χ3v) is 4.53. The van der Waals surface area contributed by atoms with Crippen LogP contribution in [0.3, 0.4) is 0 Å². The molecule has 0 aromatic rings. The molecule has 2 atom stereocenters. The summed E-state index contributed by atoms with van der Waals surface area (Å²) in [6.45, 7) is 2.82. The van der Waals surface area contributed by atoms with Gasteiger partial charge in [-0.25, -0.2) is 0 Å². The van der Waals surface area contributed by atoms with Gasteiger partial charge in [-0.05, 0) is 44.4 Å². The highest BCUT2D eigenvalue weighted by molar-refractivity contribution is 5.81. The topological polar surface area (TPSA) is 55.6 Å². The van der Waals surface area contributed by atoms with E-state index in [1.807, 2.05) is 11.9 Å². The van der Waals surface area contributed by atoms with E-state index in [2.05, 4.69) is 6.92 Å². The van der Waals surface area contributed by atoms with Crippen LogP contribution >= 0.6 is 0 Å². The van der Waals surface area contributed by atoms with E-state index in [1.165, 1.54) is 12.8 Å². The first kappa shape index (κ1) is 13.8. The van der Waals surface area contributed by atoms with E-state index in [0.717, 1.165) is 31.6 Å². The molecule has 18 heavy (non-hydrogen) atoms. The molecule has 2 aliphatic rings. The van der Waals surface area contributed by atoms with Crippen molar-refractivity contribution in [1.82, 2.24) is 4.90 Å². The summed E-state index contributed by atoms with van der Waals surface area (Å²) in [6.07, 6.45) is 6.32. The number of ether oxygens (including phenoxy) is 1. The molecule has 2 rings (SSSR count). The SMILES string of the molecule is CC1CCC(N(C)C(=O)C2CCC(CN)O2)CC1. The summed E-state index contributed by atoms with van der Waals surface area (Å²) in [5.74, 6) is 0.972. The zero-order valence-electron chi connectivity index (χ0n) is 11.6. The fourth-order valence-corrected chi connectivity index (χ4v) is 3.10. The summed E-state index contributed by atoms with van der Waals surface area (Å²) in [5, 5.41) is 0. The zero-order chi connectivity index (χ0) is 13.1. The highest BCUT2D eigenvalue weighted by Gasteiger charge is 2.34. The Kier molecular flexibility index (Phi) is 4.62. The van der Waals surface area contributed by atoms with Crippen molar-refractivity contribution < 1.29 is 9.53 Å². The van der Waals surface area contributed by atoms with Gasteiger partial charge in [0.05, 0.1) is 6.10 Å². The van der Waals surface area contributed by atoms with Gasteiger partial charge in [-0.2, -0.15) is 0 Å². The Hall–Kier alpha value is -0.610. The highest BCUT2D eigenvalue weighted by atomic mass is 16.5. The van der Waals surface area contributed by atoms with Crippen molar-refractivity contribution in [1.29, 1.82) is 0 Å². The van der Waals surface area contributed by atoms with E-state index in [4.69, 9.17) is 10.5 Å². The van der Waals surface area contributed by atoms with E-state index in [9.17, 15) is 4.79 Å². The lowest BCUT2D eigenvalue weighted by Crippen LogP contribution is -2.44. The van der Waals surface area contributed by atoms with Gasteiger partial charge in [0, 0.05) is 19.6 Å². The fourth-order valence-electron chi connectivity index (χ4n) is 3.10. The second kappa shape index (κ2) is 6.02. The Morgan fingerprint density at radius 2 is 1.89 bits per heavy atom. The van der Waals surface area contributed by atoms with Gasteiger partial charge in [-0.1, -0.05) is 6.92 Å². The van der Waals surface area contributed by atoms with Crippen molar-refractivity contribution >= 4 is 5.91 Å². The number of carbonyl (C=O) groups excluding carboxylic acids is 1. The molecule has 0 aromatic carbocycles. The molecule has 2 unspecified atom stereocenters. The summed E-state index contributed by atoms with van der Waals surface area (Å²) in [6, 6.07) is 0.411. The smallest absolute Gasteiger partial charge is 0.251 e. The van der Waals surface area contributed by atoms with Crippen molar-refractivity contribution in [2.75, 3.05) is 13.6 Å². The quantitative estimate of drug-likeness (QED) is 0.831. The molecule has 2 N–H and O–H groups in total. The van der Waals surface area contributed by atoms with Crippen molar-refractivity contribution in [3.05, 3.63) is 0 Å². The lowest BCUT2D eigenvalue weighted by Gasteiger charge is -2.34. The standard InChI is InChI=1S/C14H26N2O2/c1-10-3-5-11(6-4-10)16(2)14(17)13-8-7-12(9-15)18-13/h10-13H,3-9,15H2,1-2H3. The van der Waals surface area contributed by atoms with Gasteiger partial charge in [0.25, 0.3) is 5.91 Å². The van der Waals surface area contributed by atoms with Crippen molar-refractivity contribution in [2.24, 2.45) is 11.7 Å². The highest BCUT2D eigenvalue weighted by Crippen LogP contribution is 2.28. The zero-order valence-corrected chi connectivity index (χ0v) is 11.6. The second-order valence-electron chi connectivity index (χ2n) is 5.92. The Bertz CT molecular complexity index is 288. The van der Waals surface area contributed by atoms with E-state index in [-0.39, 0.29) is 18.1 Å². The summed E-state index contributed by atoms with van der Waals surface area (Å²) in [7, 11) is 1.93. The molecular weight excluding hydrogens is 228 g/mol. The van der Waals surface area contributed by atoms with Gasteiger partial charge in [-0.3, -0.25) is 4.79 Å². The molecule has 1 aliphatic heterocycles. The van der Waals surface area contributed by atoms with Crippen LogP contribution in [0.1, 0.15) is 45.4 Å². The molecule has 4 heteroatoms. The lowest BCUT2D eigenvalue weighted by molar-refractivity contribution is -0.144. The summed E-state index contributed by atoms with van der Waals surface area (Å²) in [5.41, 5.74) is 5.58. The predicted molar refractivity (Wildman–Crippen MR) is 71.1 cm³/mol. The van der Waals surface area contributed by atoms with Gasteiger partial charge in [0.15, 0.2) is 0 Å². The van der Waals surface area contributed by atoms with Gasteiger partial charge in [-0.15, -0.1) is 0 Å². The first-order chi connectivity index (χ1) is 8.61. The first-order valence-corrected chi connectivity index (χ1v) is 7.24. The molecule has 1 saturated carbocycles. The number of nitrogens with two attached hydrogens (primary N) is 1. The molecule has 2 fully saturated rings.